The van der Waals surface area contributed by atoms with Crippen molar-refractivity contribution >= 4 is 0 Å². The molecular formula is C16H25ORf-. The van der Waals surface area contributed by atoms with Crippen molar-refractivity contribution in [2.24, 2.45) is 21.7 Å². The van der Waals surface area contributed by atoms with E-state index in [1.165, 1.54) is 44.6 Å². The zero-order valence-corrected chi connectivity index (χ0v) is 18.8. The Bertz CT molecular complexity index is 337. The Kier molecular flexibility index (Phi) is 1.84. The summed E-state index contributed by atoms with van der Waals surface area (Å²) in [5.74, 6) is 0. The van der Waals surface area contributed by atoms with E-state index >= 15 is 0 Å². The Hall–Kier alpha value is -1.04. The Morgan fingerprint density at radius 1 is 0.833 bits per heavy atom. The fourth-order valence-electron chi connectivity index (χ4n) is 7.38. The zero-order chi connectivity index (χ0) is 12.1. The summed E-state index contributed by atoms with van der Waals surface area (Å²) in [6.45, 7) is 9.84. The van der Waals surface area contributed by atoms with Crippen LogP contribution in [0.1, 0.15) is 66.2 Å². The molecule has 4 bridgehead atoms. The molecule has 1 heterocycles. The van der Waals surface area contributed by atoms with Crippen molar-refractivity contribution in [3.8, 4) is 0 Å². The van der Waals surface area contributed by atoms with Crippen LogP contribution in [0.2, 0.25) is 0 Å². The van der Waals surface area contributed by atoms with Crippen LogP contribution in [0.4, 0.5) is 0 Å². The fraction of sp³-hybridized carbons (Fsp3) is 0.938. The molecule has 1 aliphatic heterocycles. The molecule has 0 spiro atoms. The summed E-state index contributed by atoms with van der Waals surface area (Å²) in [6.07, 6.45) is 10.5. The molecule has 0 aromatic rings. The van der Waals surface area contributed by atoms with Crippen LogP contribution >= 0.6 is 0 Å². The first-order valence-electron chi connectivity index (χ1n) is 7.26. The van der Waals surface area contributed by atoms with Gasteiger partial charge < -0.3 is 4.74 Å². The molecule has 0 amide bonds. The number of epoxide rings is 1. The van der Waals surface area contributed by atoms with Crippen molar-refractivity contribution in [1.82, 2.24) is 0 Å². The van der Waals surface area contributed by atoms with Gasteiger partial charge in [0.2, 0.25) is 0 Å². The predicted molar refractivity (Wildman–Crippen MR) is 68.2 cm³/mol. The van der Waals surface area contributed by atoms with E-state index in [0.717, 1.165) is 0 Å². The zero-order valence-electron chi connectivity index (χ0n) is 12.4. The van der Waals surface area contributed by atoms with Crippen LogP contribution in [0.25, 0.3) is 0 Å². The van der Waals surface area contributed by atoms with Gasteiger partial charge >= 0.3 is 0 Å². The molecule has 1 saturated heterocycles. The van der Waals surface area contributed by atoms with Gasteiger partial charge in [0.05, 0.1) is 0 Å². The van der Waals surface area contributed by atoms with Gasteiger partial charge in [-0.05, 0) is 60.2 Å². The molecule has 0 aromatic carbocycles. The summed E-state index contributed by atoms with van der Waals surface area (Å²) in [6, 6.07) is 0. The second kappa shape index (κ2) is 2.76. The quantitative estimate of drug-likeness (QED) is 0.386. The average Bonchev–Trinajstić information content (AvgIpc) is 2.73. The number of rotatable bonds is 1. The van der Waals surface area contributed by atoms with Gasteiger partial charge in [-0.2, -0.15) is 13.0 Å². The van der Waals surface area contributed by atoms with Crippen molar-refractivity contribution < 1.29 is 4.74 Å². The van der Waals surface area contributed by atoms with Gasteiger partial charge in [-0.15, -0.1) is 0 Å². The van der Waals surface area contributed by atoms with E-state index in [4.69, 9.17) is 4.74 Å². The van der Waals surface area contributed by atoms with E-state index in [-0.39, 0.29) is 0 Å². The van der Waals surface area contributed by atoms with Crippen LogP contribution in [0.5, 0.6) is 0 Å². The molecule has 98 valence electrons. The third kappa shape index (κ3) is 1.32. The van der Waals surface area contributed by atoms with Crippen molar-refractivity contribution in [3.63, 3.8) is 0 Å². The SMILES string of the molecule is C[C-]1OC1C12CC3(C)CC(C)(CC(C)(C3)C1)C2.[Rf]. The monoisotopic (exact) mass is 500 g/mol. The molecule has 4 aliphatic carbocycles. The maximum absolute atomic E-state index is 5.85. The molecule has 1 nitrogen and oxygen atoms in total. The molecule has 4 saturated carbocycles. The van der Waals surface area contributed by atoms with Crippen molar-refractivity contribution in [2.45, 2.75) is 72.3 Å². The summed E-state index contributed by atoms with van der Waals surface area (Å²) < 4.78 is 5.85. The molecule has 5 aliphatic rings. The van der Waals surface area contributed by atoms with E-state index in [1.54, 1.807) is 0 Å². The topological polar surface area (TPSA) is 12.5 Å². The standard InChI is InChI=1S/C16H25O.Rf/c1-11-12(17-11)16-8-13(2)5-14(3,9-16)7-15(4,6-13)10-16;/h12H,5-10H2,1-4H3;/q-1;. The molecule has 2 heteroatoms. The molecule has 0 aromatic heterocycles. The summed E-state index contributed by atoms with van der Waals surface area (Å²) in [5.41, 5.74) is 2.32. The minimum absolute atomic E-state index is 0. The van der Waals surface area contributed by atoms with Gasteiger partial charge in [0.25, 0.3) is 0 Å². The molecule has 18 heavy (non-hydrogen) atoms. The first-order chi connectivity index (χ1) is 7.76. The van der Waals surface area contributed by atoms with Gasteiger partial charge in [0.15, 0.2) is 0 Å². The minimum atomic E-state index is 0. The fourth-order valence-corrected chi connectivity index (χ4v) is 7.38. The smallest absolute Gasteiger partial charge is 0 e. The maximum atomic E-state index is 5.85. The largest absolute Gasteiger partial charge is 0.567 e. The first kappa shape index (κ1) is 12.0. The van der Waals surface area contributed by atoms with Crippen LogP contribution in [-0.2, 0) is 4.74 Å². The molecule has 0 radical (unpaired) electrons. The first-order valence-corrected chi connectivity index (χ1v) is 7.26. The molecular weight excluding hydrogens is 475 g/mol. The average molecular weight is 500 g/mol. The molecule has 1 atom stereocenters. The van der Waals surface area contributed by atoms with Gasteiger partial charge in [0, 0.05) is 0 Å². The summed E-state index contributed by atoms with van der Waals surface area (Å²) in [7, 11) is 0. The second-order valence-corrected chi connectivity index (χ2v) is 8.96. The normalized spacial score (nSPS) is 61.7. The van der Waals surface area contributed by atoms with E-state index in [9.17, 15) is 0 Å². The Morgan fingerprint density at radius 3 is 1.44 bits per heavy atom. The van der Waals surface area contributed by atoms with Crippen molar-refractivity contribution in [1.29, 1.82) is 0 Å². The van der Waals surface area contributed by atoms with Gasteiger partial charge in [0.1, 0.15) is 0 Å². The predicted octanol–water partition coefficient (Wildman–Crippen LogP) is 4.32. The van der Waals surface area contributed by atoms with Crippen LogP contribution in [-0.4, -0.2) is 6.10 Å². The number of hydrogen-bond acceptors (Lipinski definition) is 1. The van der Waals surface area contributed by atoms with Crippen molar-refractivity contribution in [2.75, 3.05) is 0 Å². The Labute approximate surface area is 105 Å². The van der Waals surface area contributed by atoms with Crippen LogP contribution in [0.3, 0.4) is 0 Å². The van der Waals surface area contributed by atoms with Crippen LogP contribution in [0, 0.1) is 27.8 Å². The van der Waals surface area contributed by atoms with Crippen molar-refractivity contribution in [3.05, 3.63) is 6.10 Å². The van der Waals surface area contributed by atoms with Crippen LogP contribution < -0.4 is 0 Å². The number of hydrogen-bond donors (Lipinski definition) is 0. The molecule has 0 N–H and O–H groups in total. The van der Waals surface area contributed by atoms with Gasteiger partial charge in [-0.1, -0.05) is 26.9 Å². The van der Waals surface area contributed by atoms with E-state index in [2.05, 4.69) is 27.7 Å². The minimum Gasteiger partial charge on any atom is -0.567 e. The molecule has 5 rings (SSSR count). The molecule has 1 unspecified atom stereocenters. The van der Waals surface area contributed by atoms with E-state index in [0.29, 0.717) is 27.8 Å². The van der Waals surface area contributed by atoms with E-state index < -0.39 is 0 Å². The third-order valence-electron chi connectivity index (χ3n) is 6.07. The summed E-state index contributed by atoms with van der Waals surface area (Å²) in [5, 5.41) is 0. The van der Waals surface area contributed by atoms with Gasteiger partial charge in [-0.25, -0.2) is 0 Å². The number of ether oxygens (including phenoxy) is 1. The molecule has 5 fully saturated rings. The Balaban J connectivity index is 0.000001000. The van der Waals surface area contributed by atoms with E-state index in [1.807, 2.05) is 0 Å². The maximum Gasteiger partial charge on any atom is 0 e. The third-order valence-corrected chi connectivity index (χ3v) is 6.07. The summed E-state index contributed by atoms with van der Waals surface area (Å²) in [4.78, 5) is 0. The Morgan fingerprint density at radius 2 is 1.17 bits per heavy atom. The second-order valence-electron chi connectivity index (χ2n) is 8.96. The summed E-state index contributed by atoms with van der Waals surface area (Å²) >= 11 is 0. The van der Waals surface area contributed by atoms with Gasteiger partial charge in [-0.3, -0.25) is 0 Å². The van der Waals surface area contributed by atoms with Crippen LogP contribution in [0.15, 0.2) is 0 Å².